The first-order chi connectivity index (χ1) is 37.9. The third-order valence-electron chi connectivity index (χ3n) is 15.3. The van der Waals surface area contributed by atoms with E-state index in [9.17, 15) is 45.1 Å². The summed E-state index contributed by atoms with van der Waals surface area (Å²) >= 11 is 9.55. The number of hydrogen-bond donors (Lipinski definition) is 3. The van der Waals surface area contributed by atoms with Gasteiger partial charge in [-0.15, -0.1) is 0 Å². The third-order valence-corrected chi connectivity index (χ3v) is 20.4. The molecule has 3 fully saturated rings. The lowest BCUT2D eigenvalue weighted by Gasteiger charge is -2.47. The van der Waals surface area contributed by atoms with E-state index in [2.05, 4.69) is 9.88 Å². The van der Waals surface area contributed by atoms with Crippen molar-refractivity contribution in [2.24, 2.45) is 0 Å². The number of nitrogens with one attached hydrogen (secondary N) is 1. The minimum absolute atomic E-state index is 0.00428. The van der Waals surface area contributed by atoms with Crippen LogP contribution in [0.15, 0.2) is 125 Å². The van der Waals surface area contributed by atoms with Crippen molar-refractivity contribution in [1.82, 2.24) is 24.1 Å². The molecule has 6 heterocycles. The smallest absolute Gasteiger partial charge is 0.334 e. The fraction of sp³-hybridized carbons (Fsp3) is 0.327. The normalized spacial score (nSPS) is 23.5. The van der Waals surface area contributed by atoms with Gasteiger partial charge < -0.3 is 19.5 Å². The van der Waals surface area contributed by atoms with Crippen molar-refractivity contribution in [2.45, 2.75) is 61.2 Å². The van der Waals surface area contributed by atoms with Gasteiger partial charge in [-0.1, -0.05) is 84.8 Å². The molecule has 5 amide bonds. The van der Waals surface area contributed by atoms with Crippen LogP contribution >= 0.6 is 34.7 Å². The van der Waals surface area contributed by atoms with E-state index in [0.717, 1.165) is 51.9 Å². The molecule has 3 N–H and O–H groups in total. The Morgan fingerprint density at radius 2 is 1.53 bits per heavy atom. The van der Waals surface area contributed by atoms with Crippen LogP contribution in [0.3, 0.4) is 0 Å². The molecule has 412 valence electrons. The molecule has 0 aliphatic carbocycles. The Labute approximate surface area is 468 Å². The highest BCUT2D eigenvalue weighted by Crippen LogP contribution is 2.60. The molecule has 1 aromatic heterocycles. The summed E-state index contributed by atoms with van der Waals surface area (Å²) in [5, 5.41) is 5.91. The zero-order valence-electron chi connectivity index (χ0n) is 42.8. The number of urea groups is 1. The zero-order valence-corrected chi connectivity index (χ0v) is 46.8. The Kier molecular flexibility index (Phi) is 15.1. The first kappa shape index (κ1) is 54.8. The maximum atomic E-state index is 14.1. The molecule has 24 heteroatoms. The molecule has 3 saturated heterocycles. The molecular formula is C55H56ClN6O13S4+3. The van der Waals surface area contributed by atoms with Crippen LogP contribution in [0.5, 0.6) is 5.75 Å². The van der Waals surface area contributed by atoms with Crippen molar-refractivity contribution in [3.05, 3.63) is 130 Å². The second-order valence-electron chi connectivity index (χ2n) is 19.9. The maximum absolute atomic E-state index is 14.1. The van der Waals surface area contributed by atoms with E-state index in [1.807, 2.05) is 97.9 Å². The second kappa shape index (κ2) is 21.8. The van der Waals surface area contributed by atoms with Crippen LogP contribution in [0, 0.1) is 0 Å². The van der Waals surface area contributed by atoms with Gasteiger partial charge in [0.15, 0.2) is 22.9 Å². The van der Waals surface area contributed by atoms with Gasteiger partial charge >= 0.3 is 32.2 Å². The Balaban J connectivity index is 0.726. The Bertz CT molecular complexity index is 3850. The van der Waals surface area contributed by atoms with Crippen molar-refractivity contribution < 1.29 is 63.9 Å². The second-order valence-corrected chi connectivity index (χ2v) is 25.6. The summed E-state index contributed by atoms with van der Waals surface area (Å²) in [6.45, 7) is 3.04. The lowest BCUT2D eigenvalue weighted by Crippen LogP contribution is -2.66. The standard InChI is InChI=1S/C55H53ClN6O13S4/c1-2-3-24-59-53(64)40(17-21-47-61(26-8-13-49(61)78(67,68)69)42-18-14-36-10-5-7-12-39(36)52(42)75-47)54(65)60(55(59)66)34-45(63)57-23-28-73-30-31-74-29-25-58-41-32-37(56)16-20-43(41)76-46(58)33-48-62(27-22-50(62)79(70,71)72)51-38-11-6-4-9-35(38)15-19-44(51)77-48/h4-7,9-12,14-21,32-33,49-50H,2-3,8,13,22-31,34H2,1H3/p+3. The van der Waals surface area contributed by atoms with Crippen molar-refractivity contribution in [1.29, 1.82) is 0 Å². The lowest BCUT2D eigenvalue weighted by atomic mass is 10.0. The summed E-state index contributed by atoms with van der Waals surface area (Å²) in [6, 6.07) is 27.6. The van der Waals surface area contributed by atoms with Gasteiger partial charge in [-0.05, 0) is 65.4 Å². The summed E-state index contributed by atoms with van der Waals surface area (Å²) in [5.74, 6) is -2.13. The van der Waals surface area contributed by atoms with Crippen LogP contribution in [-0.2, 0) is 50.6 Å². The fourth-order valence-electron chi connectivity index (χ4n) is 11.6. The number of fused-ring (bicyclic) bond motifs is 9. The van der Waals surface area contributed by atoms with E-state index < -0.39 is 71.3 Å². The van der Waals surface area contributed by atoms with E-state index in [-0.39, 0.29) is 62.8 Å². The van der Waals surface area contributed by atoms with Crippen molar-refractivity contribution >= 4 is 128 Å². The lowest BCUT2D eigenvalue weighted by molar-refractivity contribution is -0.670. The minimum atomic E-state index is -4.64. The quantitative estimate of drug-likeness (QED) is 0.0185. The van der Waals surface area contributed by atoms with Crippen LogP contribution in [0.1, 0.15) is 44.0 Å². The average Bonchev–Trinajstić information content (AvgIpc) is 4.18. The van der Waals surface area contributed by atoms with Crippen LogP contribution in [-0.4, -0.2) is 129 Å². The summed E-state index contributed by atoms with van der Waals surface area (Å²) < 4.78 is 93.7. The molecule has 5 aromatic carbocycles. The number of nitrogens with zero attached hydrogens (tertiary/aromatic N) is 5. The number of carbonyl (C=O) groups excluding carboxylic acids is 4. The molecule has 0 radical (unpaired) electrons. The van der Waals surface area contributed by atoms with Crippen molar-refractivity contribution in [3.63, 3.8) is 0 Å². The molecule has 79 heavy (non-hydrogen) atoms. The van der Waals surface area contributed by atoms with Gasteiger partial charge in [0, 0.05) is 59.9 Å². The number of thioether (sulfide) groups is 1. The number of carbonyl (C=O) groups is 4. The van der Waals surface area contributed by atoms with Crippen molar-refractivity contribution in [3.8, 4) is 5.75 Å². The van der Waals surface area contributed by atoms with Crippen LogP contribution < -0.4 is 23.6 Å². The van der Waals surface area contributed by atoms with Crippen LogP contribution in [0.2, 0.25) is 5.02 Å². The van der Waals surface area contributed by atoms with Gasteiger partial charge in [-0.3, -0.25) is 28.4 Å². The molecule has 2 spiro atoms. The van der Waals surface area contributed by atoms with E-state index in [1.54, 1.807) is 6.07 Å². The van der Waals surface area contributed by atoms with E-state index >= 15 is 0 Å². The predicted octanol–water partition coefficient (Wildman–Crippen LogP) is 8.09. The van der Waals surface area contributed by atoms with E-state index in [4.69, 9.17) is 25.8 Å². The molecule has 0 saturated carbocycles. The van der Waals surface area contributed by atoms with Crippen LogP contribution in [0.25, 0.3) is 37.8 Å². The summed E-state index contributed by atoms with van der Waals surface area (Å²) in [7, 11) is -9.06. The molecule has 4 atom stereocenters. The summed E-state index contributed by atoms with van der Waals surface area (Å²) in [5.41, 5.74) is 1.81. The number of quaternary nitrogens is 2. The number of unbranched alkanes of at least 4 members (excludes halogenated alkanes) is 1. The number of halogens is 1. The number of rotatable bonds is 18. The molecule has 0 bridgehead atoms. The van der Waals surface area contributed by atoms with Gasteiger partial charge in [0.05, 0.1) is 50.3 Å². The highest BCUT2D eigenvalue weighted by Gasteiger charge is 2.63. The number of benzene rings is 5. The fourth-order valence-corrected chi connectivity index (χ4v) is 16.8. The monoisotopic (exact) mass is 1170 g/mol. The number of imide groups is 2. The van der Waals surface area contributed by atoms with Gasteiger partial charge in [-0.25, -0.2) is 18.7 Å². The number of amides is 5. The topological polar surface area (TPSA) is 227 Å². The highest BCUT2D eigenvalue weighted by molar-refractivity contribution is 8.03. The van der Waals surface area contributed by atoms with Crippen molar-refractivity contribution in [2.75, 3.05) is 59.2 Å². The number of hydrogen-bond acceptors (Lipinski definition) is 13. The molecular weight excluding hydrogens is 1120 g/mol. The number of thiazole rings is 1. The maximum Gasteiger partial charge on any atom is 0.334 e. The van der Waals surface area contributed by atoms with Gasteiger partial charge in [-0.2, -0.15) is 21.4 Å². The Hall–Kier alpha value is -6.09. The van der Waals surface area contributed by atoms with E-state index in [1.165, 1.54) is 35.3 Å². The summed E-state index contributed by atoms with van der Waals surface area (Å²) in [4.78, 5) is 57.6. The largest absolute Gasteiger partial charge is 0.405 e. The predicted molar refractivity (Wildman–Crippen MR) is 302 cm³/mol. The molecule has 6 aromatic rings. The summed E-state index contributed by atoms with van der Waals surface area (Å²) in [6.07, 6.45) is 6.44. The first-order valence-corrected chi connectivity index (χ1v) is 30.9. The first-order valence-electron chi connectivity index (χ1n) is 25.9. The number of ether oxygens (including phenoxy) is 3. The number of barbiturate groups is 1. The average molecular weight is 1170 g/mol. The molecule has 5 aliphatic rings. The number of allylic oxidation sites excluding steroid dienone is 2. The SMILES string of the molecule is CCCCN1C(=O)C(=CC=C2Oc3c(ccc4ccccc34)[N+]23CCCC3S(=O)(=O)O)C(=O)N(CC(=O)NCCOCCOCC[n+]2c(C=C3Sc4ccc5ccccc5c4[N+]34CCC4S(=O)(=O)O)sc3ccc(Cl)cc32)C1=O. The Morgan fingerprint density at radius 3 is 2.27 bits per heavy atom. The molecule has 19 nitrogen and oxygen atoms in total. The van der Waals surface area contributed by atoms with Gasteiger partial charge in [0.1, 0.15) is 23.4 Å². The molecule has 11 rings (SSSR count). The highest BCUT2D eigenvalue weighted by atomic mass is 35.5. The number of aromatic nitrogens is 1. The zero-order chi connectivity index (χ0) is 55.4. The molecule has 5 aliphatic heterocycles. The van der Waals surface area contributed by atoms with Gasteiger partial charge in [0.25, 0.3) is 16.8 Å². The minimum Gasteiger partial charge on any atom is -0.405 e. The van der Waals surface area contributed by atoms with Gasteiger partial charge in [0.2, 0.25) is 27.9 Å². The Morgan fingerprint density at radius 1 is 0.835 bits per heavy atom. The molecule has 4 unspecified atom stereocenters. The third kappa shape index (κ3) is 9.85. The van der Waals surface area contributed by atoms with Crippen LogP contribution in [0.4, 0.5) is 16.2 Å². The van der Waals surface area contributed by atoms with E-state index in [0.29, 0.717) is 65.5 Å².